The number of carbonyl (C=O) groups excluding carboxylic acids is 1. The molecule has 2 aromatic rings. The molecule has 2 aliphatic rings. The molecule has 0 aromatic carbocycles. The molecule has 0 radical (unpaired) electrons. The third kappa shape index (κ3) is 4.59. The number of hydrogen-bond acceptors (Lipinski definition) is 7. The maximum atomic E-state index is 13.6. The number of aromatic nitrogens is 3. The summed E-state index contributed by atoms with van der Waals surface area (Å²) in [6.07, 6.45) is 8.76. The van der Waals surface area contributed by atoms with Crippen LogP contribution in [0, 0.1) is 12.8 Å². The number of anilines is 1. The van der Waals surface area contributed by atoms with Crippen molar-refractivity contribution in [3.63, 3.8) is 0 Å². The second-order valence-electron chi connectivity index (χ2n) is 8.95. The van der Waals surface area contributed by atoms with E-state index in [0.717, 1.165) is 68.4 Å². The first-order valence-electron chi connectivity index (χ1n) is 11.3. The Labute approximate surface area is 184 Å². The van der Waals surface area contributed by atoms with E-state index in [2.05, 4.69) is 15.0 Å². The largest absolute Gasteiger partial charge is 0.381 e. The number of hydrogen-bond donors (Lipinski definition) is 0. The maximum Gasteiger partial charge on any atom is 0.226 e. The first-order valence-corrected chi connectivity index (χ1v) is 11.3. The van der Waals surface area contributed by atoms with Gasteiger partial charge in [0.25, 0.3) is 0 Å². The number of nitrogens with zero attached hydrogens (tertiary/aromatic N) is 5. The molecule has 1 saturated carbocycles. The van der Waals surface area contributed by atoms with Crippen LogP contribution in [0.15, 0.2) is 16.8 Å². The van der Waals surface area contributed by atoms with Gasteiger partial charge in [-0.1, -0.05) is 5.16 Å². The molecule has 8 heteroatoms. The summed E-state index contributed by atoms with van der Waals surface area (Å²) in [5.74, 6) is 1.60. The standard InChI is InChI=1S/C23H33N5O3/c1-15-13-20(31-26-15)18-14-24-23(27(2)3)25-21(18)19-7-5-6-12-28(19)22(29)16-8-10-17(30-4)11-9-16/h13-14,16-17,19H,5-12H2,1-4H3/t16?,17?,19-/m0/s1. The highest BCUT2D eigenvalue weighted by Crippen LogP contribution is 2.39. The van der Waals surface area contributed by atoms with Crippen molar-refractivity contribution >= 4 is 11.9 Å². The van der Waals surface area contributed by atoms with Crippen molar-refractivity contribution in [2.75, 3.05) is 32.6 Å². The molecule has 1 saturated heterocycles. The SMILES string of the molecule is COC1CCC(C(=O)N2CCCC[C@H]2c2nc(N(C)C)ncc2-c2cc(C)no2)CC1. The van der Waals surface area contributed by atoms with E-state index < -0.39 is 0 Å². The third-order valence-corrected chi connectivity index (χ3v) is 6.56. The van der Waals surface area contributed by atoms with Crippen molar-refractivity contribution in [2.45, 2.75) is 64.0 Å². The fourth-order valence-electron chi connectivity index (χ4n) is 4.79. The Bertz CT molecular complexity index is 904. The average Bonchev–Trinajstić information content (AvgIpc) is 3.24. The fraction of sp³-hybridized carbons (Fsp3) is 0.652. The topological polar surface area (TPSA) is 84.6 Å². The number of ether oxygens (including phenoxy) is 1. The van der Waals surface area contributed by atoms with Crippen LogP contribution < -0.4 is 4.90 Å². The Kier molecular flexibility index (Phi) is 6.55. The summed E-state index contributed by atoms with van der Waals surface area (Å²) in [5.41, 5.74) is 2.48. The Morgan fingerprint density at radius 3 is 2.61 bits per heavy atom. The van der Waals surface area contributed by atoms with Crippen molar-refractivity contribution in [3.8, 4) is 11.3 Å². The van der Waals surface area contributed by atoms with E-state index in [1.165, 1.54) is 0 Å². The number of rotatable bonds is 5. The molecule has 2 fully saturated rings. The molecular formula is C23H33N5O3. The molecule has 4 rings (SSSR count). The zero-order chi connectivity index (χ0) is 22.0. The normalized spacial score (nSPS) is 24.3. The van der Waals surface area contributed by atoms with E-state index in [9.17, 15) is 4.79 Å². The van der Waals surface area contributed by atoms with Crippen molar-refractivity contribution in [2.24, 2.45) is 5.92 Å². The van der Waals surface area contributed by atoms with Gasteiger partial charge < -0.3 is 19.1 Å². The molecule has 1 aliphatic heterocycles. The number of methoxy groups -OCH3 is 1. The van der Waals surface area contributed by atoms with Gasteiger partial charge >= 0.3 is 0 Å². The van der Waals surface area contributed by atoms with Crippen LogP contribution in [-0.2, 0) is 9.53 Å². The Morgan fingerprint density at radius 2 is 1.97 bits per heavy atom. The van der Waals surface area contributed by atoms with Crippen LogP contribution in [-0.4, -0.2) is 59.8 Å². The van der Waals surface area contributed by atoms with Crippen LogP contribution in [0.5, 0.6) is 0 Å². The fourth-order valence-corrected chi connectivity index (χ4v) is 4.79. The van der Waals surface area contributed by atoms with E-state index in [0.29, 0.717) is 11.7 Å². The molecule has 0 N–H and O–H groups in total. The molecule has 0 spiro atoms. The van der Waals surface area contributed by atoms with Crippen LogP contribution >= 0.6 is 0 Å². The number of likely N-dealkylation sites (tertiary alicyclic amines) is 1. The number of piperidine rings is 1. The van der Waals surface area contributed by atoms with Gasteiger partial charge in [-0.3, -0.25) is 4.79 Å². The molecule has 2 aromatic heterocycles. The van der Waals surface area contributed by atoms with Gasteiger partial charge in [0.2, 0.25) is 11.9 Å². The van der Waals surface area contributed by atoms with Gasteiger partial charge in [0, 0.05) is 45.9 Å². The zero-order valence-corrected chi connectivity index (χ0v) is 19.0. The summed E-state index contributed by atoms with van der Waals surface area (Å²) in [6, 6.07) is 1.82. The molecule has 168 valence electrons. The van der Waals surface area contributed by atoms with E-state index in [-0.39, 0.29) is 24.0 Å². The molecule has 1 atom stereocenters. The molecule has 1 amide bonds. The lowest BCUT2D eigenvalue weighted by Crippen LogP contribution is -2.43. The minimum Gasteiger partial charge on any atom is -0.381 e. The van der Waals surface area contributed by atoms with Crippen molar-refractivity contribution in [1.82, 2.24) is 20.0 Å². The van der Waals surface area contributed by atoms with Gasteiger partial charge in [-0.15, -0.1) is 0 Å². The maximum absolute atomic E-state index is 13.6. The van der Waals surface area contributed by atoms with Crippen LogP contribution in [0.3, 0.4) is 0 Å². The van der Waals surface area contributed by atoms with Gasteiger partial charge in [-0.25, -0.2) is 9.97 Å². The van der Waals surface area contributed by atoms with E-state index in [1.54, 1.807) is 13.3 Å². The summed E-state index contributed by atoms with van der Waals surface area (Å²) >= 11 is 0. The molecule has 0 unspecified atom stereocenters. The van der Waals surface area contributed by atoms with Gasteiger partial charge in [-0.2, -0.15) is 0 Å². The zero-order valence-electron chi connectivity index (χ0n) is 19.0. The van der Waals surface area contributed by atoms with Crippen LogP contribution in [0.25, 0.3) is 11.3 Å². The summed E-state index contributed by atoms with van der Waals surface area (Å²) in [5, 5.41) is 4.05. The van der Waals surface area contributed by atoms with E-state index in [4.69, 9.17) is 14.2 Å². The molecular weight excluding hydrogens is 394 g/mol. The summed E-state index contributed by atoms with van der Waals surface area (Å²) in [4.78, 5) is 27.0. The van der Waals surface area contributed by atoms with Crippen molar-refractivity contribution < 1.29 is 14.1 Å². The van der Waals surface area contributed by atoms with Gasteiger partial charge in [0.15, 0.2) is 5.76 Å². The third-order valence-electron chi connectivity index (χ3n) is 6.56. The number of carbonyl (C=O) groups is 1. The molecule has 8 nitrogen and oxygen atoms in total. The predicted molar refractivity (Wildman–Crippen MR) is 118 cm³/mol. The highest BCUT2D eigenvalue weighted by Gasteiger charge is 2.36. The summed E-state index contributed by atoms with van der Waals surface area (Å²) in [7, 11) is 5.61. The average molecular weight is 428 g/mol. The first-order chi connectivity index (χ1) is 15.0. The lowest BCUT2D eigenvalue weighted by atomic mass is 9.85. The lowest BCUT2D eigenvalue weighted by molar-refractivity contribution is -0.141. The lowest BCUT2D eigenvalue weighted by Gasteiger charge is -2.39. The van der Waals surface area contributed by atoms with Crippen molar-refractivity contribution in [3.05, 3.63) is 23.7 Å². The highest BCUT2D eigenvalue weighted by molar-refractivity contribution is 5.80. The first kappa shape index (κ1) is 21.7. The minimum atomic E-state index is -0.0801. The van der Waals surface area contributed by atoms with Gasteiger partial charge in [-0.05, 0) is 51.9 Å². The monoisotopic (exact) mass is 427 g/mol. The second-order valence-corrected chi connectivity index (χ2v) is 8.95. The molecule has 0 bridgehead atoms. The van der Waals surface area contributed by atoms with Crippen LogP contribution in [0.1, 0.15) is 62.4 Å². The Hall–Kier alpha value is -2.48. The van der Waals surface area contributed by atoms with E-state index in [1.807, 2.05) is 32.0 Å². The Balaban J connectivity index is 1.67. The second kappa shape index (κ2) is 9.34. The molecule has 3 heterocycles. The number of aryl methyl sites for hydroxylation is 1. The Morgan fingerprint density at radius 1 is 1.19 bits per heavy atom. The van der Waals surface area contributed by atoms with Crippen molar-refractivity contribution in [1.29, 1.82) is 0 Å². The smallest absolute Gasteiger partial charge is 0.226 e. The molecule has 1 aliphatic carbocycles. The van der Waals surface area contributed by atoms with Gasteiger partial charge in [0.1, 0.15) is 0 Å². The number of amides is 1. The predicted octanol–water partition coefficient (Wildman–Crippen LogP) is 3.76. The summed E-state index contributed by atoms with van der Waals surface area (Å²) < 4.78 is 11.1. The minimum absolute atomic E-state index is 0.0677. The van der Waals surface area contributed by atoms with E-state index >= 15 is 0 Å². The summed E-state index contributed by atoms with van der Waals surface area (Å²) in [6.45, 7) is 2.67. The quantitative estimate of drug-likeness (QED) is 0.718. The van der Waals surface area contributed by atoms with Crippen LogP contribution in [0.2, 0.25) is 0 Å². The molecule has 31 heavy (non-hydrogen) atoms. The van der Waals surface area contributed by atoms with Gasteiger partial charge in [0.05, 0.1) is 29.1 Å². The highest BCUT2D eigenvalue weighted by atomic mass is 16.5. The van der Waals surface area contributed by atoms with Crippen LogP contribution in [0.4, 0.5) is 5.95 Å².